The van der Waals surface area contributed by atoms with E-state index in [0.29, 0.717) is 22.8 Å². The summed E-state index contributed by atoms with van der Waals surface area (Å²) < 4.78 is 0. The Morgan fingerprint density at radius 1 is 0.875 bits per heavy atom. The second-order valence-corrected chi connectivity index (χ2v) is 7.26. The summed E-state index contributed by atoms with van der Waals surface area (Å²) in [6, 6.07) is 20.7. The smallest absolute Gasteiger partial charge is 0.171 e. The van der Waals surface area contributed by atoms with E-state index in [9.17, 15) is 10.4 Å². The summed E-state index contributed by atoms with van der Waals surface area (Å²) in [6.45, 7) is 0. The van der Waals surface area contributed by atoms with E-state index >= 15 is 0 Å². The summed E-state index contributed by atoms with van der Waals surface area (Å²) >= 11 is 7.62. The van der Waals surface area contributed by atoms with Crippen molar-refractivity contribution in [2.24, 2.45) is 0 Å². The van der Waals surface area contributed by atoms with Crippen molar-refractivity contribution >= 4 is 34.7 Å². The van der Waals surface area contributed by atoms with Crippen LogP contribution in [0.25, 0.3) is 0 Å². The zero-order chi connectivity index (χ0) is 16.7. The van der Waals surface area contributed by atoms with Gasteiger partial charge in [-0.25, -0.2) is 0 Å². The van der Waals surface area contributed by atoms with Crippen molar-refractivity contribution < 1.29 is 10.4 Å². The molecule has 1 aliphatic heterocycles. The lowest BCUT2D eigenvalue weighted by molar-refractivity contribution is -0.249. The highest BCUT2D eigenvalue weighted by Crippen LogP contribution is 2.52. The molecule has 2 N–H and O–H groups in total. The van der Waals surface area contributed by atoms with Gasteiger partial charge in [0.05, 0.1) is 9.79 Å². The van der Waals surface area contributed by atoms with Crippen LogP contribution in [-0.4, -0.2) is 10.4 Å². The summed E-state index contributed by atoms with van der Waals surface area (Å²) in [5.41, 5.74) is 2.86. The normalized spacial score (nSPS) is 14.8. The molecular formula is C19H15ClNO2S+. The summed E-state index contributed by atoms with van der Waals surface area (Å²) in [5, 5.41) is 22.4. The number of quaternary nitrogens is 1. The van der Waals surface area contributed by atoms with Gasteiger partial charge < -0.3 is 0 Å². The summed E-state index contributed by atoms with van der Waals surface area (Å²) in [7, 11) is 0. The Morgan fingerprint density at radius 3 is 2.46 bits per heavy atom. The van der Waals surface area contributed by atoms with Crippen LogP contribution in [0.5, 0.6) is 0 Å². The third-order valence-electron chi connectivity index (χ3n) is 4.10. The molecule has 0 unspecified atom stereocenters. The van der Waals surface area contributed by atoms with Crippen molar-refractivity contribution in [3.8, 4) is 0 Å². The molecule has 1 aliphatic rings. The van der Waals surface area contributed by atoms with E-state index in [0.717, 1.165) is 20.9 Å². The summed E-state index contributed by atoms with van der Waals surface area (Å²) in [4.78, 5) is 0.461. The number of benzene rings is 3. The Balaban J connectivity index is 1.84. The van der Waals surface area contributed by atoms with E-state index in [1.54, 1.807) is 17.8 Å². The lowest BCUT2D eigenvalue weighted by Gasteiger charge is -2.29. The molecule has 5 heteroatoms. The van der Waals surface area contributed by atoms with Crippen molar-refractivity contribution in [1.29, 1.82) is 0 Å². The molecule has 0 bridgehead atoms. The molecule has 1 heterocycles. The molecule has 24 heavy (non-hydrogen) atoms. The van der Waals surface area contributed by atoms with Gasteiger partial charge >= 0.3 is 0 Å². The molecule has 3 aromatic carbocycles. The second-order valence-electron chi connectivity index (χ2n) is 5.74. The standard InChI is InChI=1S/C19H15ClNO2S/c20-15-7-3-5-13(12-15)11-14-6-4-10-18-19(14)21(22,23)16-8-1-2-9-17(16)24-18/h1-10,12,22-23H,11H2/q+1. The monoisotopic (exact) mass is 356 g/mol. The molecule has 0 aromatic heterocycles. The first-order valence-electron chi connectivity index (χ1n) is 7.54. The molecule has 0 radical (unpaired) electrons. The zero-order valence-electron chi connectivity index (χ0n) is 12.7. The van der Waals surface area contributed by atoms with Gasteiger partial charge in [0.2, 0.25) is 11.4 Å². The predicted molar refractivity (Wildman–Crippen MR) is 96.3 cm³/mol. The fourth-order valence-electron chi connectivity index (χ4n) is 3.05. The van der Waals surface area contributed by atoms with E-state index in [-0.39, 0.29) is 0 Å². The van der Waals surface area contributed by atoms with Crippen LogP contribution in [0, 0.1) is 0 Å². The first kappa shape index (κ1) is 15.7. The van der Waals surface area contributed by atoms with Crippen molar-refractivity contribution in [3.63, 3.8) is 0 Å². The van der Waals surface area contributed by atoms with E-state index in [1.165, 1.54) is 0 Å². The van der Waals surface area contributed by atoms with Crippen LogP contribution in [0.3, 0.4) is 0 Å². The van der Waals surface area contributed by atoms with Crippen LogP contribution in [0.2, 0.25) is 5.02 Å². The Hall–Kier alpha value is -1.82. The average molecular weight is 357 g/mol. The number of halogens is 1. The number of para-hydroxylation sites is 2. The Labute approximate surface area is 149 Å². The van der Waals surface area contributed by atoms with Gasteiger partial charge in [0.15, 0.2) is 0 Å². The maximum atomic E-state index is 10.8. The number of hydrogen-bond acceptors (Lipinski definition) is 3. The van der Waals surface area contributed by atoms with Gasteiger partial charge in [0, 0.05) is 27.9 Å². The van der Waals surface area contributed by atoms with Gasteiger partial charge in [-0.3, -0.25) is 0 Å². The van der Waals surface area contributed by atoms with Gasteiger partial charge in [0.1, 0.15) is 0 Å². The van der Waals surface area contributed by atoms with Crippen LogP contribution in [-0.2, 0) is 6.42 Å². The third-order valence-corrected chi connectivity index (χ3v) is 5.45. The van der Waals surface area contributed by atoms with Gasteiger partial charge in [-0.05, 0) is 29.8 Å². The molecule has 0 saturated heterocycles. The van der Waals surface area contributed by atoms with Crippen molar-refractivity contribution in [1.82, 2.24) is 4.81 Å². The fraction of sp³-hybridized carbons (Fsp3) is 0.0526. The zero-order valence-corrected chi connectivity index (χ0v) is 14.3. The lowest BCUT2D eigenvalue weighted by atomic mass is 10.0. The van der Waals surface area contributed by atoms with Crippen molar-refractivity contribution in [2.75, 3.05) is 0 Å². The highest BCUT2D eigenvalue weighted by atomic mass is 35.5. The van der Waals surface area contributed by atoms with E-state index in [4.69, 9.17) is 11.6 Å². The molecule has 0 fully saturated rings. The van der Waals surface area contributed by atoms with E-state index in [1.807, 2.05) is 60.7 Å². The second kappa shape index (κ2) is 5.92. The molecular weight excluding hydrogens is 342 g/mol. The summed E-state index contributed by atoms with van der Waals surface area (Å²) in [6.07, 6.45) is 0.577. The molecule has 0 aliphatic carbocycles. The average Bonchev–Trinajstić information content (AvgIpc) is 2.55. The third kappa shape index (κ3) is 2.62. The van der Waals surface area contributed by atoms with Crippen LogP contribution in [0.15, 0.2) is 76.5 Å². The topological polar surface area (TPSA) is 40.5 Å². The molecule has 3 aromatic rings. The first-order chi connectivity index (χ1) is 11.6. The quantitative estimate of drug-likeness (QED) is 0.569. The first-order valence-corrected chi connectivity index (χ1v) is 8.74. The van der Waals surface area contributed by atoms with Gasteiger partial charge in [-0.2, -0.15) is 10.4 Å². The van der Waals surface area contributed by atoms with Gasteiger partial charge in [0.25, 0.3) is 0 Å². The summed E-state index contributed by atoms with van der Waals surface area (Å²) in [5.74, 6) is 0. The van der Waals surface area contributed by atoms with Crippen molar-refractivity contribution in [2.45, 2.75) is 16.2 Å². The molecule has 0 atom stereocenters. The predicted octanol–water partition coefficient (Wildman–Crippen LogP) is 5.81. The van der Waals surface area contributed by atoms with Gasteiger partial charge in [-0.15, -0.1) is 0 Å². The molecule has 0 spiro atoms. The lowest BCUT2D eigenvalue weighted by Crippen LogP contribution is -2.39. The van der Waals surface area contributed by atoms with Crippen molar-refractivity contribution in [3.05, 3.63) is 82.9 Å². The van der Waals surface area contributed by atoms with Gasteiger partial charge in [-0.1, -0.05) is 59.8 Å². The molecule has 4 rings (SSSR count). The molecule has 0 saturated carbocycles. The minimum absolute atomic E-state index is 0.466. The van der Waals surface area contributed by atoms with E-state index in [2.05, 4.69) is 0 Å². The van der Waals surface area contributed by atoms with Crippen LogP contribution in [0.4, 0.5) is 11.4 Å². The number of rotatable bonds is 2. The minimum atomic E-state index is -1.23. The highest BCUT2D eigenvalue weighted by Gasteiger charge is 2.42. The SMILES string of the molecule is O[N+]1(O)c2ccccc2Sc2cccc(Cc3cccc(Cl)c3)c21. The fourth-order valence-corrected chi connectivity index (χ4v) is 4.45. The highest BCUT2D eigenvalue weighted by molar-refractivity contribution is 7.99. The minimum Gasteiger partial charge on any atom is -0.171 e. The van der Waals surface area contributed by atoms with E-state index < -0.39 is 4.81 Å². The number of nitrogens with zero attached hydrogens (tertiary/aromatic N) is 1. The molecule has 0 amide bonds. The largest absolute Gasteiger partial charge is 0.222 e. The molecule has 3 nitrogen and oxygen atoms in total. The maximum Gasteiger partial charge on any atom is 0.222 e. The number of fused-ring (bicyclic) bond motifs is 2. The molecule has 120 valence electrons. The Morgan fingerprint density at radius 2 is 1.62 bits per heavy atom. The maximum absolute atomic E-state index is 10.8. The number of hydrogen-bond donors (Lipinski definition) is 2. The van der Waals surface area contributed by atoms with Crippen LogP contribution < -0.4 is 4.81 Å². The Kier molecular flexibility index (Phi) is 3.87. The Bertz CT molecular complexity index is 927. The van der Waals surface area contributed by atoms with Crippen LogP contribution in [0.1, 0.15) is 11.1 Å². The van der Waals surface area contributed by atoms with Crippen LogP contribution >= 0.6 is 23.4 Å².